The molecule has 4 rings (SSSR count). The third kappa shape index (κ3) is 23.3. The van der Waals surface area contributed by atoms with Crippen molar-refractivity contribution in [1.82, 2.24) is 0 Å². The van der Waals surface area contributed by atoms with Gasteiger partial charge in [-0.1, -0.05) is 166 Å². The average Bonchev–Trinajstić information content (AvgIpc) is 3.01. The minimum Gasteiger partial charge on any atom is -0.330 e. The third-order valence-electron chi connectivity index (χ3n) is 8.53. The zero-order valence-electron chi connectivity index (χ0n) is 27.8. The number of rotatable bonds is 7. The van der Waals surface area contributed by atoms with Gasteiger partial charge in [-0.15, -0.1) is 0 Å². The van der Waals surface area contributed by atoms with Gasteiger partial charge in [0.15, 0.2) is 0 Å². The summed E-state index contributed by atoms with van der Waals surface area (Å²) in [6, 6.07) is 9.10. The van der Waals surface area contributed by atoms with Crippen molar-refractivity contribution in [2.24, 2.45) is 22.6 Å². The first kappa shape index (κ1) is 38.6. The minimum absolute atomic E-state index is 0.856. The molecule has 0 aliphatic heterocycles. The number of hydrogen-bond donors (Lipinski definition) is 1. The lowest BCUT2D eigenvalue weighted by Crippen LogP contribution is -2.16. The molecule has 0 bridgehead atoms. The Morgan fingerprint density at radius 3 is 1.52 bits per heavy atom. The molecule has 232 valence electrons. The predicted octanol–water partition coefficient (Wildman–Crippen LogP) is 12.0. The number of allylic oxidation sites excluding steroid dienone is 1. The summed E-state index contributed by atoms with van der Waals surface area (Å²) in [5, 5.41) is 0. The van der Waals surface area contributed by atoms with Gasteiger partial charge in [0.1, 0.15) is 0 Å². The molecule has 2 nitrogen and oxygen atoms in total. The van der Waals surface area contributed by atoms with Crippen LogP contribution in [0.1, 0.15) is 166 Å². The van der Waals surface area contributed by atoms with Gasteiger partial charge in [-0.2, -0.15) is 0 Å². The maximum absolute atomic E-state index is 5.50. The van der Waals surface area contributed by atoms with Crippen LogP contribution < -0.4 is 5.73 Å². The van der Waals surface area contributed by atoms with Crippen molar-refractivity contribution in [1.29, 1.82) is 0 Å². The summed E-state index contributed by atoms with van der Waals surface area (Å²) in [5.41, 5.74) is 8.44. The van der Waals surface area contributed by atoms with Gasteiger partial charge in [0, 0.05) is 13.3 Å². The van der Waals surface area contributed by atoms with Gasteiger partial charge in [0.05, 0.1) is 0 Å². The van der Waals surface area contributed by atoms with Crippen molar-refractivity contribution >= 4 is 6.21 Å². The zero-order chi connectivity index (χ0) is 29.7. The topological polar surface area (TPSA) is 38.4 Å². The standard InChI is InChI=1S/C13H18.C8H18.C7H15N.C6H12.C4H7N/c1-11-7-9-13(10-8-11)12-5-3-2-4-6-12;1-4-6-8(3)7-5-2;8-6-7-4-2-1-3-5-7;1-2-4-6-5-3-1;1-3-4-5-2/h7-10,12H,2-6H2,1H3;8H,4-7H2,1-3H3;7H,1-6,8H2;1-6H2;3-4H,1H2,2H3. The highest BCUT2D eigenvalue weighted by atomic mass is 14.6. The van der Waals surface area contributed by atoms with Crippen molar-refractivity contribution in [3.8, 4) is 0 Å². The van der Waals surface area contributed by atoms with E-state index in [0.717, 1.165) is 24.3 Å². The molecule has 3 aliphatic carbocycles. The Balaban J connectivity index is 0.000000498. The number of aliphatic imine (C=N–C) groups is 1. The number of benzene rings is 1. The summed E-state index contributed by atoms with van der Waals surface area (Å²) in [5.74, 6) is 2.68. The van der Waals surface area contributed by atoms with Crippen molar-refractivity contribution in [2.75, 3.05) is 13.6 Å². The molecule has 0 heterocycles. The molecule has 0 spiro atoms. The molecule has 3 aliphatic rings. The zero-order valence-corrected chi connectivity index (χ0v) is 27.8. The molecule has 0 unspecified atom stereocenters. The monoisotopic (exact) mass is 555 g/mol. The molecule has 3 saturated carbocycles. The summed E-state index contributed by atoms with van der Waals surface area (Å²) in [7, 11) is 1.71. The summed E-state index contributed by atoms with van der Waals surface area (Å²) in [6.45, 7) is 13.3. The molecule has 0 aromatic heterocycles. The Morgan fingerprint density at radius 1 is 0.775 bits per heavy atom. The van der Waals surface area contributed by atoms with Crippen molar-refractivity contribution in [3.05, 3.63) is 48.0 Å². The Kier molecular flexibility index (Phi) is 28.1. The van der Waals surface area contributed by atoms with Gasteiger partial charge < -0.3 is 5.73 Å². The van der Waals surface area contributed by atoms with Crippen LogP contribution in [0.4, 0.5) is 0 Å². The van der Waals surface area contributed by atoms with Crippen LogP contribution >= 0.6 is 0 Å². The van der Waals surface area contributed by atoms with Crippen LogP contribution in [0.3, 0.4) is 0 Å². The number of nitrogens with two attached hydrogens (primary N) is 1. The summed E-state index contributed by atoms with van der Waals surface area (Å²) < 4.78 is 0. The van der Waals surface area contributed by atoms with Crippen LogP contribution in [0.2, 0.25) is 0 Å². The highest BCUT2D eigenvalue weighted by Crippen LogP contribution is 2.32. The van der Waals surface area contributed by atoms with Crippen LogP contribution in [-0.2, 0) is 0 Å². The van der Waals surface area contributed by atoms with Crippen LogP contribution in [0.5, 0.6) is 0 Å². The maximum Gasteiger partial charge on any atom is 0.0277 e. The number of nitrogens with zero attached hydrogens (tertiary/aromatic N) is 1. The summed E-state index contributed by atoms with van der Waals surface area (Å²) >= 11 is 0. The van der Waals surface area contributed by atoms with E-state index in [2.05, 4.69) is 63.5 Å². The Hall–Kier alpha value is -1.41. The van der Waals surface area contributed by atoms with Gasteiger partial charge in [-0.3, -0.25) is 4.99 Å². The second-order valence-electron chi connectivity index (χ2n) is 12.4. The van der Waals surface area contributed by atoms with E-state index in [0.29, 0.717) is 0 Å². The SMILES string of the molecule is C1CCCCC1.C=CC=NC.CCCC(C)CCC.Cc1ccc(C2CCCCC2)cc1.NCC1CCCCC1. The van der Waals surface area contributed by atoms with Gasteiger partial charge in [-0.05, 0) is 62.5 Å². The van der Waals surface area contributed by atoms with Crippen LogP contribution in [-0.4, -0.2) is 19.8 Å². The lowest BCUT2D eigenvalue weighted by Gasteiger charge is -2.21. The van der Waals surface area contributed by atoms with Gasteiger partial charge in [0.25, 0.3) is 0 Å². The van der Waals surface area contributed by atoms with Crippen molar-refractivity contribution in [3.63, 3.8) is 0 Å². The lowest BCUT2D eigenvalue weighted by atomic mass is 9.84. The molecule has 0 atom stereocenters. The largest absolute Gasteiger partial charge is 0.330 e. The van der Waals surface area contributed by atoms with E-state index in [1.807, 2.05) is 0 Å². The lowest BCUT2D eigenvalue weighted by molar-refractivity contribution is 0.366. The molecule has 2 N–H and O–H groups in total. The first-order valence-corrected chi connectivity index (χ1v) is 17.3. The fourth-order valence-corrected chi connectivity index (χ4v) is 5.99. The normalized spacial score (nSPS) is 17.7. The predicted molar refractivity (Wildman–Crippen MR) is 184 cm³/mol. The van der Waals surface area contributed by atoms with Crippen LogP contribution in [0, 0.1) is 18.8 Å². The minimum atomic E-state index is 0.856. The molecule has 1 aromatic carbocycles. The van der Waals surface area contributed by atoms with E-state index < -0.39 is 0 Å². The number of hydrogen-bond acceptors (Lipinski definition) is 2. The van der Waals surface area contributed by atoms with Crippen LogP contribution in [0.25, 0.3) is 0 Å². The third-order valence-corrected chi connectivity index (χ3v) is 8.53. The second kappa shape index (κ2) is 29.1. The second-order valence-corrected chi connectivity index (χ2v) is 12.4. The fourth-order valence-electron chi connectivity index (χ4n) is 5.99. The van der Waals surface area contributed by atoms with E-state index in [4.69, 9.17) is 5.73 Å². The summed E-state index contributed by atoms with van der Waals surface area (Å²) in [4.78, 5) is 3.61. The van der Waals surface area contributed by atoms with Crippen molar-refractivity contribution in [2.45, 2.75) is 162 Å². The Bertz CT molecular complexity index is 644. The van der Waals surface area contributed by atoms with Gasteiger partial charge >= 0.3 is 0 Å². The first-order valence-electron chi connectivity index (χ1n) is 17.3. The molecule has 0 amide bonds. The summed E-state index contributed by atoms with van der Waals surface area (Å²) in [6.07, 6.45) is 32.0. The van der Waals surface area contributed by atoms with E-state index in [-0.39, 0.29) is 0 Å². The highest BCUT2D eigenvalue weighted by Gasteiger charge is 2.14. The van der Waals surface area contributed by atoms with E-state index >= 15 is 0 Å². The fraction of sp³-hybridized carbons (Fsp3) is 0.763. The molecule has 1 aromatic rings. The molecule has 0 saturated heterocycles. The Labute approximate surface area is 252 Å². The molecular weight excluding hydrogens is 484 g/mol. The van der Waals surface area contributed by atoms with E-state index in [1.165, 1.54) is 134 Å². The number of aryl methyl sites for hydroxylation is 1. The molecule has 0 radical (unpaired) electrons. The molecule has 3 fully saturated rings. The molecule has 2 heteroatoms. The van der Waals surface area contributed by atoms with Gasteiger partial charge in [0.2, 0.25) is 0 Å². The maximum atomic E-state index is 5.50. The smallest absolute Gasteiger partial charge is 0.0277 e. The molecular formula is C38H70N2. The van der Waals surface area contributed by atoms with E-state index in [9.17, 15) is 0 Å². The first-order chi connectivity index (χ1) is 19.5. The highest BCUT2D eigenvalue weighted by molar-refractivity contribution is 5.69. The average molecular weight is 555 g/mol. The van der Waals surface area contributed by atoms with Gasteiger partial charge in [-0.25, -0.2) is 0 Å². The molecule has 40 heavy (non-hydrogen) atoms. The Morgan fingerprint density at radius 2 is 1.20 bits per heavy atom. The van der Waals surface area contributed by atoms with E-state index in [1.54, 1.807) is 24.9 Å². The quantitative estimate of drug-likeness (QED) is 0.334. The van der Waals surface area contributed by atoms with Crippen molar-refractivity contribution < 1.29 is 0 Å². The van der Waals surface area contributed by atoms with Crippen LogP contribution in [0.15, 0.2) is 41.9 Å².